The standard InChI is InChI=1S/C15H30O3/c1-12(2)9-8-10-15(7,11-13(3)16)18-17-14(4,5)6/h9,13,16H,8,10-11H2,1-7H3. The SMILES string of the molecule is CC(C)=CCCC(C)(CC(C)O)OOC(C)(C)C. The van der Waals surface area contributed by atoms with Gasteiger partial charge in [0.25, 0.3) is 0 Å². The van der Waals surface area contributed by atoms with Crippen molar-refractivity contribution >= 4 is 0 Å². The van der Waals surface area contributed by atoms with E-state index in [9.17, 15) is 5.11 Å². The van der Waals surface area contributed by atoms with Crippen molar-refractivity contribution in [3.05, 3.63) is 11.6 Å². The average Bonchev–Trinajstić information content (AvgIpc) is 2.12. The molecule has 3 heteroatoms. The minimum absolute atomic E-state index is 0.337. The number of aliphatic hydroxyl groups is 1. The van der Waals surface area contributed by atoms with Crippen molar-refractivity contribution in [2.24, 2.45) is 0 Å². The Morgan fingerprint density at radius 2 is 1.72 bits per heavy atom. The Hall–Kier alpha value is -0.380. The lowest BCUT2D eigenvalue weighted by molar-refractivity contribution is -0.404. The number of aliphatic hydroxyl groups excluding tert-OH is 1. The third kappa shape index (κ3) is 9.63. The van der Waals surface area contributed by atoms with Gasteiger partial charge in [-0.25, -0.2) is 9.78 Å². The van der Waals surface area contributed by atoms with Gasteiger partial charge in [0, 0.05) is 6.42 Å². The highest BCUT2D eigenvalue weighted by atomic mass is 17.2. The molecule has 0 saturated heterocycles. The van der Waals surface area contributed by atoms with Gasteiger partial charge in [0.05, 0.1) is 11.7 Å². The van der Waals surface area contributed by atoms with E-state index in [0.717, 1.165) is 12.8 Å². The molecule has 2 atom stereocenters. The molecule has 0 heterocycles. The number of allylic oxidation sites excluding steroid dienone is 2. The minimum atomic E-state index is -0.451. The largest absolute Gasteiger partial charge is 0.393 e. The van der Waals surface area contributed by atoms with Gasteiger partial charge in [-0.2, -0.15) is 0 Å². The van der Waals surface area contributed by atoms with E-state index in [0.29, 0.717) is 6.42 Å². The van der Waals surface area contributed by atoms with E-state index in [4.69, 9.17) is 9.78 Å². The zero-order valence-electron chi connectivity index (χ0n) is 13.0. The first-order chi connectivity index (χ1) is 8.04. The fraction of sp³-hybridized carbons (Fsp3) is 0.867. The average molecular weight is 258 g/mol. The Morgan fingerprint density at radius 3 is 2.11 bits per heavy atom. The van der Waals surface area contributed by atoms with Crippen LogP contribution in [0.5, 0.6) is 0 Å². The zero-order valence-corrected chi connectivity index (χ0v) is 13.0. The predicted molar refractivity (Wildman–Crippen MR) is 75.3 cm³/mol. The van der Waals surface area contributed by atoms with Crippen LogP contribution >= 0.6 is 0 Å². The molecule has 2 unspecified atom stereocenters. The second-order valence-electron chi connectivity index (χ2n) is 6.60. The normalized spacial score (nSPS) is 17.1. The zero-order chi connectivity index (χ0) is 14.4. The van der Waals surface area contributed by atoms with Crippen LogP contribution in [0.3, 0.4) is 0 Å². The molecule has 1 N–H and O–H groups in total. The predicted octanol–water partition coefficient (Wildman–Crippen LogP) is 4.01. The Balaban J connectivity index is 4.47. The Bertz CT molecular complexity index is 259. The first kappa shape index (κ1) is 17.6. The molecule has 0 aromatic rings. The van der Waals surface area contributed by atoms with Crippen molar-refractivity contribution in [2.75, 3.05) is 0 Å². The number of hydrogen-bond acceptors (Lipinski definition) is 3. The van der Waals surface area contributed by atoms with Crippen molar-refractivity contribution in [3.8, 4) is 0 Å². The van der Waals surface area contributed by atoms with Gasteiger partial charge in [-0.3, -0.25) is 0 Å². The fourth-order valence-corrected chi connectivity index (χ4v) is 1.69. The molecule has 0 spiro atoms. The number of hydrogen-bond donors (Lipinski definition) is 1. The quantitative estimate of drug-likeness (QED) is 0.426. The summed E-state index contributed by atoms with van der Waals surface area (Å²) in [5.74, 6) is 0. The van der Waals surface area contributed by atoms with E-state index in [1.807, 2.05) is 27.7 Å². The van der Waals surface area contributed by atoms with E-state index in [1.165, 1.54) is 5.57 Å². The van der Waals surface area contributed by atoms with Gasteiger partial charge in [0.1, 0.15) is 5.60 Å². The van der Waals surface area contributed by atoms with E-state index < -0.39 is 11.7 Å². The smallest absolute Gasteiger partial charge is 0.104 e. The second kappa shape index (κ2) is 7.27. The van der Waals surface area contributed by atoms with Gasteiger partial charge in [0.2, 0.25) is 0 Å². The van der Waals surface area contributed by atoms with Crippen LogP contribution < -0.4 is 0 Å². The van der Waals surface area contributed by atoms with Gasteiger partial charge in [-0.15, -0.1) is 0 Å². The van der Waals surface area contributed by atoms with Crippen LogP contribution in [0.2, 0.25) is 0 Å². The number of rotatable bonds is 7. The van der Waals surface area contributed by atoms with Crippen molar-refractivity contribution in [1.82, 2.24) is 0 Å². The highest BCUT2D eigenvalue weighted by Crippen LogP contribution is 2.27. The van der Waals surface area contributed by atoms with E-state index in [1.54, 1.807) is 6.92 Å². The van der Waals surface area contributed by atoms with Crippen LogP contribution in [0.1, 0.15) is 67.7 Å². The minimum Gasteiger partial charge on any atom is -0.393 e. The first-order valence-corrected chi connectivity index (χ1v) is 6.72. The molecule has 0 saturated carbocycles. The first-order valence-electron chi connectivity index (χ1n) is 6.72. The Labute approximate surface area is 112 Å². The van der Waals surface area contributed by atoms with Crippen LogP contribution in [0.15, 0.2) is 11.6 Å². The van der Waals surface area contributed by atoms with Crippen molar-refractivity contribution < 1.29 is 14.9 Å². The Kier molecular flexibility index (Phi) is 7.11. The molecule has 0 fully saturated rings. The van der Waals surface area contributed by atoms with Gasteiger partial charge >= 0.3 is 0 Å². The summed E-state index contributed by atoms with van der Waals surface area (Å²) in [6, 6.07) is 0. The van der Waals surface area contributed by atoms with E-state index in [2.05, 4.69) is 19.9 Å². The molecule has 0 bridgehead atoms. The maximum Gasteiger partial charge on any atom is 0.104 e. The van der Waals surface area contributed by atoms with Crippen molar-refractivity contribution in [3.63, 3.8) is 0 Å². The molecular weight excluding hydrogens is 228 g/mol. The topological polar surface area (TPSA) is 38.7 Å². The van der Waals surface area contributed by atoms with Crippen LogP contribution in [0.25, 0.3) is 0 Å². The molecular formula is C15H30O3. The summed E-state index contributed by atoms with van der Waals surface area (Å²) < 4.78 is 0. The maximum absolute atomic E-state index is 9.57. The molecule has 18 heavy (non-hydrogen) atoms. The summed E-state index contributed by atoms with van der Waals surface area (Å²) in [5, 5.41) is 9.57. The lowest BCUT2D eigenvalue weighted by Gasteiger charge is -2.32. The molecule has 0 aliphatic carbocycles. The fourth-order valence-electron chi connectivity index (χ4n) is 1.69. The highest BCUT2D eigenvalue weighted by molar-refractivity contribution is 4.94. The van der Waals surface area contributed by atoms with Crippen LogP contribution in [-0.4, -0.2) is 22.4 Å². The lowest BCUT2D eigenvalue weighted by atomic mass is 9.93. The molecule has 0 rings (SSSR count). The lowest BCUT2D eigenvalue weighted by Crippen LogP contribution is -2.36. The van der Waals surface area contributed by atoms with Crippen LogP contribution in [0, 0.1) is 0 Å². The van der Waals surface area contributed by atoms with Crippen molar-refractivity contribution in [1.29, 1.82) is 0 Å². The summed E-state index contributed by atoms with van der Waals surface area (Å²) in [5.41, 5.74) is 0.510. The third-order valence-electron chi connectivity index (χ3n) is 2.45. The summed E-state index contributed by atoms with van der Waals surface area (Å²) in [4.78, 5) is 11.0. The highest BCUT2D eigenvalue weighted by Gasteiger charge is 2.30. The van der Waals surface area contributed by atoms with Gasteiger partial charge in [-0.1, -0.05) is 11.6 Å². The van der Waals surface area contributed by atoms with Crippen LogP contribution in [0.4, 0.5) is 0 Å². The van der Waals surface area contributed by atoms with Crippen molar-refractivity contribution in [2.45, 2.75) is 85.0 Å². The van der Waals surface area contributed by atoms with Gasteiger partial charge < -0.3 is 5.11 Å². The molecule has 108 valence electrons. The molecule has 0 radical (unpaired) electrons. The van der Waals surface area contributed by atoms with Gasteiger partial charge in [0.15, 0.2) is 0 Å². The van der Waals surface area contributed by atoms with Gasteiger partial charge in [-0.05, 0) is 61.3 Å². The summed E-state index contributed by atoms with van der Waals surface area (Å²) in [7, 11) is 0. The monoisotopic (exact) mass is 258 g/mol. The van der Waals surface area contributed by atoms with Crippen LogP contribution in [-0.2, 0) is 9.78 Å². The summed E-state index contributed by atoms with van der Waals surface area (Å²) in [6.07, 6.45) is 4.11. The maximum atomic E-state index is 9.57. The molecule has 0 aromatic heterocycles. The Morgan fingerprint density at radius 1 is 1.17 bits per heavy atom. The molecule has 0 aliphatic rings. The molecule has 0 amide bonds. The molecule has 3 nitrogen and oxygen atoms in total. The molecule has 0 aliphatic heterocycles. The third-order valence-corrected chi connectivity index (χ3v) is 2.45. The van der Waals surface area contributed by atoms with E-state index in [-0.39, 0.29) is 5.60 Å². The summed E-state index contributed by atoms with van der Waals surface area (Å²) >= 11 is 0. The second-order valence-corrected chi connectivity index (χ2v) is 6.60. The molecule has 0 aromatic carbocycles. The van der Waals surface area contributed by atoms with E-state index >= 15 is 0 Å². The summed E-state index contributed by atoms with van der Waals surface area (Å²) in [6.45, 7) is 13.8.